The molecule has 0 spiro atoms. The van der Waals surface area contributed by atoms with E-state index in [2.05, 4.69) is 9.97 Å². The molecule has 0 bridgehead atoms. The lowest BCUT2D eigenvalue weighted by atomic mass is 10.3. The van der Waals surface area contributed by atoms with Gasteiger partial charge in [0.2, 0.25) is 0 Å². The molecule has 0 saturated carbocycles. The van der Waals surface area contributed by atoms with Crippen molar-refractivity contribution >= 4 is 27.6 Å². The Morgan fingerprint density at radius 3 is 2.59 bits per heavy atom. The molecule has 0 radical (unpaired) electrons. The minimum absolute atomic E-state index is 0.209. The van der Waals surface area contributed by atoms with Crippen LogP contribution in [0.5, 0.6) is 0 Å². The molecule has 6 heteroatoms. The van der Waals surface area contributed by atoms with E-state index in [-0.39, 0.29) is 5.56 Å². The zero-order chi connectivity index (χ0) is 12.1. The van der Waals surface area contributed by atoms with E-state index < -0.39 is 5.97 Å². The molecule has 0 aromatic carbocycles. The summed E-state index contributed by atoms with van der Waals surface area (Å²) in [5.41, 5.74) is 0.209. The predicted octanol–water partition coefficient (Wildman–Crippen LogP) is 2.97. The highest BCUT2D eigenvalue weighted by Crippen LogP contribution is 2.36. The Bertz CT molecular complexity index is 520. The van der Waals surface area contributed by atoms with Gasteiger partial charge in [0.1, 0.15) is 10.1 Å². The Hall–Kier alpha value is -1.53. The van der Waals surface area contributed by atoms with Crippen molar-refractivity contribution in [3.8, 4) is 0 Å². The van der Waals surface area contributed by atoms with E-state index in [4.69, 9.17) is 5.11 Å². The second-order valence-electron chi connectivity index (χ2n) is 3.00. The van der Waals surface area contributed by atoms with Crippen LogP contribution in [0.4, 0.5) is 0 Å². The molecule has 2 heterocycles. The van der Waals surface area contributed by atoms with Gasteiger partial charge in [-0.15, -0.1) is 0 Å². The third-order valence-corrected chi connectivity index (χ3v) is 4.06. The van der Waals surface area contributed by atoms with Gasteiger partial charge in [0.05, 0.1) is 5.56 Å². The van der Waals surface area contributed by atoms with E-state index in [1.165, 1.54) is 27.7 Å². The predicted molar refractivity (Wildman–Crippen MR) is 67.1 cm³/mol. The molecule has 0 saturated heterocycles. The van der Waals surface area contributed by atoms with Crippen molar-refractivity contribution in [1.29, 1.82) is 0 Å². The number of pyridine rings is 2. The molecule has 0 aliphatic carbocycles. The largest absolute Gasteiger partial charge is 0.478 e. The van der Waals surface area contributed by atoms with Crippen LogP contribution in [0.25, 0.3) is 0 Å². The van der Waals surface area contributed by atoms with E-state index >= 15 is 0 Å². The first kappa shape index (κ1) is 11.9. The third-order valence-electron chi connectivity index (χ3n) is 1.85. The number of hydrogen-bond donors (Lipinski definition) is 1. The van der Waals surface area contributed by atoms with Crippen LogP contribution < -0.4 is 0 Å². The molecule has 0 amide bonds. The SMILES string of the molecule is O=C(O)c1cccnc1SSc1ccccn1. The summed E-state index contributed by atoms with van der Waals surface area (Å²) in [6.45, 7) is 0. The highest BCUT2D eigenvalue weighted by atomic mass is 33.1. The quantitative estimate of drug-likeness (QED) is 0.856. The molecule has 0 atom stereocenters. The zero-order valence-electron chi connectivity index (χ0n) is 8.61. The van der Waals surface area contributed by atoms with Crippen LogP contribution >= 0.6 is 21.6 Å². The first-order valence-corrected chi connectivity index (χ1v) is 6.86. The Balaban J connectivity index is 2.12. The van der Waals surface area contributed by atoms with Crippen molar-refractivity contribution < 1.29 is 9.90 Å². The molecule has 2 aromatic heterocycles. The Kier molecular flexibility index (Phi) is 4.00. The number of carbonyl (C=O) groups is 1. The van der Waals surface area contributed by atoms with E-state index in [0.29, 0.717) is 5.03 Å². The summed E-state index contributed by atoms with van der Waals surface area (Å²) in [6.07, 6.45) is 3.27. The molecule has 0 aliphatic heterocycles. The summed E-state index contributed by atoms with van der Waals surface area (Å²) >= 11 is 0. The van der Waals surface area contributed by atoms with Crippen molar-refractivity contribution in [2.24, 2.45) is 0 Å². The molecule has 0 unspecified atom stereocenters. The number of aromatic nitrogens is 2. The summed E-state index contributed by atoms with van der Waals surface area (Å²) in [4.78, 5) is 19.1. The number of nitrogens with zero attached hydrogens (tertiary/aromatic N) is 2. The van der Waals surface area contributed by atoms with Crippen LogP contribution in [0, 0.1) is 0 Å². The van der Waals surface area contributed by atoms with Crippen LogP contribution in [0.1, 0.15) is 10.4 Å². The lowest BCUT2D eigenvalue weighted by Gasteiger charge is -2.02. The molecule has 2 rings (SSSR count). The molecular formula is C11H8N2O2S2. The van der Waals surface area contributed by atoms with Gasteiger partial charge in [0, 0.05) is 12.4 Å². The van der Waals surface area contributed by atoms with E-state index in [1.807, 2.05) is 18.2 Å². The Morgan fingerprint density at radius 2 is 1.88 bits per heavy atom. The number of carboxylic acids is 1. The van der Waals surface area contributed by atoms with Crippen LogP contribution in [-0.2, 0) is 0 Å². The third kappa shape index (κ3) is 3.21. The highest BCUT2D eigenvalue weighted by Gasteiger charge is 2.11. The molecule has 86 valence electrons. The molecule has 4 nitrogen and oxygen atoms in total. The maximum Gasteiger partial charge on any atom is 0.338 e. The van der Waals surface area contributed by atoms with E-state index in [0.717, 1.165) is 5.03 Å². The minimum atomic E-state index is -0.970. The van der Waals surface area contributed by atoms with Gasteiger partial charge >= 0.3 is 5.97 Å². The lowest BCUT2D eigenvalue weighted by molar-refractivity contribution is 0.0692. The molecular weight excluding hydrogens is 256 g/mol. The van der Waals surface area contributed by atoms with Crippen molar-refractivity contribution in [1.82, 2.24) is 9.97 Å². The highest BCUT2D eigenvalue weighted by molar-refractivity contribution is 8.76. The normalized spacial score (nSPS) is 10.1. The molecule has 0 aliphatic rings. The lowest BCUT2D eigenvalue weighted by Crippen LogP contribution is -1.99. The summed E-state index contributed by atoms with van der Waals surface area (Å²) < 4.78 is 0. The summed E-state index contributed by atoms with van der Waals surface area (Å²) in [5, 5.41) is 10.3. The van der Waals surface area contributed by atoms with Crippen molar-refractivity contribution in [2.45, 2.75) is 10.1 Å². The van der Waals surface area contributed by atoms with Crippen molar-refractivity contribution in [3.05, 3.63) is 48.3 Å². The summed E-state index contributed by atoms with van der Waals surface area (Å²) in [5.74, 6) is -0.970. The average molecular weight is 264 g/mol. The second kappa shape index (κ2) is 5.70. The Labute approximate surface area is 106 Å². The molecule has 0 fully saturated rings. The maximum absolute atomic E-state index is 11.0. The first-order chi connectivity index (χ1) is 8.27. The number of carboxylic acid groups (broad SMARTS) is 1. The van der Waals surface area contributed by atoms with E-state index in [9.17, 15) is 4.79 Å². The zero-order valence-corrected chi connectivity index (χ0v) is 10.2. The van der Waals surface area contributed by atoms with Crippen LogP contribution in [0.3, 0.4) is 0 Å². The molecule has 1 N–H and O–H groups in total. The fourth-order valence-electron chi connectivity index (χ4n) is 1.10. The molecule has 17 heavy (non-hydrogen) atoms. The van der Waals surface area contributed by atoms with Crippen LogP contribution in [0.15, 0.2) is 52.8 Å². The number of rotatable bonds is 4. The Morgan fingerprint density at radius 1 is 1.06 bits per heavy atom. The van der Waals surface area contributed by atoms with Gasteiger partial charge in [-0.05, 0) is 45.9 Å². The summed E-state index contributed by atoms with van der Waals surface area (Å²) in [7, 11) is 2.68. The van der Waals surface area contributed by atoms with Crippen LogP contribution in [0.2, 0.25) is 0 Å². The standard InChI is InChI=1S/C11H8N2O2S2/c14-11(15)8-4-3-7-13-10(8)17-16-9-5-1-2-6-12-9/h1-7H,(H,14,15). The second-order valence-corrected chi connectivity index (χ2v) is 5.13. The number of aromatic carboxylic acids is 1. The van der Waals surface area contributed by atoms with Gasteiger partial charge in [-0.25, -0.2) is 14.8 Å². The minimum Gasteiger partial charge on any atom is -0.478 e. The van der Waals surface area contributed by atoms with Crippen LogP contribution in [-0.4, -0.2) is 21.0 Å². The topological polar surface area (TPSA) is 63.1 Å². The fourth-order valence-corrected chi connectivity index (χ4v) is 3.04. The average Bonchev–Trinajstić information content (AvgIpc) is 2.38. The number of hydrogen-bond acceptors (Lipinski definition) is 5. The molecule has 2 aromatic rings. The van der Waals surface area contributed by atoms with E-state index in [1.54, 1.807) is 18.5 Å². The van der Waals surface area contributed by atoms with Gasteiger partial charge < -0.3 is 5.11 Å². The van der Waals surface area contributed by atoms with Gasteiger partial charge in [0.25, 0.3) is 0 Å². The summed E-state index contributed by atoms with van der Waals surface area (Å²) in [6, 6.07) is 8.72. The van der Waals surface area contributed by atoms with Gasteiger partial charge in [0.15, 0.2) is 0 Å². The van der Waals surface area contributed by atoms with Gasteiger partial charge in [-0.3, -0.25) is 0 Å². The monoisotopic (exact) mass is 264 g/mol. The fraction of sp³-hybridized carbons (Fsp3) is 0. The smallest absolute Gasteiger partial charge is 0.338 e. The first-order valence-electron chi connectivity index (χ1n) is 4.71. The van der Waals surface area contributed by atoms with Crippen molar-refractivity contribution in [2.75, 3.05) is 0 Å². The van der Waals surface area contributed by atoms with Gasteiger partial charge in [-0.2, -0.15) is 0 Å². The van der Waals surface area contributed by atoms with Gasteiger partial charge in [-0.1, -0.05) is 6.07 Å². The van der Waals surface area contributed by atoms with Crippen molar-refractivity contribution in [3.63, 3.8) is 0 Å². The maximum atomic E-state index is 11.0.